The van der Waals surface area contributed by atoms with Crippen LogP contribution in [0.3, 0.4) is 0 Å². The number of carbonyl (C=O) groups excluding carboxylic acids is 1. The SMILES string of the molecule is COc1ccc(S(=O)(=O)Nc2ccc(N)cc2C(=O)c2ccccc2)cc1. The summed E-state index contributed by atoms with van der Waals surface area (Å²) in [6.45, 7) is 0. The molecule has 0 saturated heterocycles. The number of sulfonamides is 1. The Morgan fingerprint density at radius 1 is 0.963 bits per heavy atom. The van der Waals surface area contributed by atoms with Crippen molar-refractivity contribution in [2.24, 2.45) is 0 Å². The number of nitrogen functional groups attached to an aromatic ring is 1. The Labute approximate surface area is 157 Å². The molecule has 3 aromatic rings. The molecule has 7 heteroatoms. The van der Waals surface area contributed by atoms with Crippen LogP contribution < -0.4 is 15.2 Å². The van der Waals surface area contributed by atoms with Gasteiger partial charge in [-0.3, -0.25) is 9.52 Å². The van der Waals surface area contributed by atoms with Crippen molar-refractivity contribution in [1.82, 2.24) is 0 Å². The molecule has 3 aromatic carbocycles. The average Bonchev–Trinajstić information content (AvgIpc) is 2.69. The van der Waals surface area contributed by atoms with Crippen LogP contribution in [0.1, 0.15) is 15.9 Å². The molecule has 0 spiro atoms. The van der Waals surface area contributed by atoms with E-state index < -0.39 is 10.0 Å². The number of hydrogen-bond donors (Lipinski definition) is 2. The van der Waals surface area contributed by atoms with E-state index in [2.05, 4.69) is 4.72 Å². The third kappa shape index (κ3) is 4.09. The van der Waals surface area contributed by atoms with E-state index in [0.717, 1.165) is 0 Å². The molecule has 0 atom stereocenters. The van der Waals surface area contributed by atoms with Gasteiger partial charge < -0.3 is 10.5 Å². The van der Waals surface area contributed by atoms with Gasteiger partial charge in [-0.2, -0.15) is 0 Å². The summed E-state index contributed by atoms with van der Waals surface area (Å²) in [4.78, 5) is 12.9. The lowest BCUT2D eigenvalue weighted by atomic mass is 10.0. The lowest BCUT2D eigenvalue weighted by molar-refractivity contribution is 0.103. The van der Waals surface area contributed by atoms with Crippen LogP contribution in [-0.4, -0.2) is 21.3 Å². The molecule has 0 aliphatic rings. The van der Waals surface area contributed by atoms with Crippen LogP contribution in [0.15, 0.2) is 77.7 Å². The van der Waals surface area contributed by atoms with Gasteiger partial charge in [0.15, 0.2) is 5.78 Å². The highest BCUT2D eigenvalue weighted by Crippen LogP contribution is 2.25. The van der Waals surface area contributed by atoms with Crippen molar-refractivity contribution >= 4 is 27.2 Å². The normalized spacial score (nSPS) is 11.0. The second-order valence-electron chi connectivity index (χ2n) is 5.78. The lowest BCUT2D eigenvalue weighted by Gasteiger charge is -2.13. The molecule has 138 valence electrons. The fraction of sp³-hybridized carbons (Fsp3) is 0.0500. The van der Waals surface area contributed by atoms with Gasteiger partial charge in [0.05, 0.1) is 17.7 Å². The van der Waals surface area contributed by atoms with E-state index in [0.29, 0.717) is 17.0 Å². The zero-order chi connectivity index (χ0) is 19.4. The minimum Gasteiger partial charge on any atom is -0.497 e. The van der Waals surface area contributed by atoms with Crippen molar-refractivity contribution < 1.29 is 17.9 Å². The second kappa shape index (κ2) is 7.51. The summed E-state index contributed by atoms with van der Waals surface area (Å²) in [5.41, 5.74) is 6.95. The average molecular weight is 382 g/mol. The molecule has 0 aromatic heterocycles. The molecule has 0 fully saturated rings. The molecule has 0 aliphatic carbocycles. The van der Waals surface area contributed by atoms with Gasteiger partial charge in [-0.05, 0) is 42.5 Å². The molecule has 6 nitrogen and oxygen atoms in total. The highest BCUT2D eigenvalue weighted by Gasteiger charge is 2.20. The maximum atomic E-state index is 12.8. The van der Waals surface area contributed by atoms with E-state index >= 15 is 0 Å². The number of methoxy groups -OCH3 is 1. The largest absolute Gasteiger partial charge is 0.497 e. The van der Waals surface area contributed by atoms with Crippen LogP contribution in [0.25, 0.3) is 0 Å². The summed E-state index contributed by atoms with van der Waals surface area (Å²) < 4.78 is 32.9. The van der Waals surface area contributed by atoms with Gasteiger partial charge in [0.1, 0.15) is 5.75 Å². The van der Waals surface area contributed by atoms with Gasteiger partial charge in [0, 0.05) is 16.8 Å². The number of benzene rings is 3. The van der Waals surface area contributed by atoms with Crippen LogP contribution in [0.5, 0.6) is 5.75 Å². The van der Waals surface area contributed by atoms with Gasteiger partial charge in [-0.15, -0.1) is 0 Å². The molecular weight excluding hydrogens is 364 g/mol. The first kappa shape index (κ1) is 18.5. The zero-order valence-electron chi connectivity index (χ0n) is 14.5. The topological polar surface area (TPSA) is 98.5 Å². The summed E-state index contributed by atoms with van der Waals surface area (Å²) in [6, 6.07) is 19.0. The quantitative estimate of drug-likeness (QED) is 0.503. The third-order valence-electron chi connectivity index (χ3n) is 3.94. The van der Waals surface area contributed by atoms with Gasteiger partial charge in [0.25, 0.3) is 10.0 Å². The zero-order valence-corrected chi connectivity index (χ0v) is 15.4. The molecule has 0 bridgehead atoms. The summed E-state index contributed by atoms with van der Waals surface area (Å²) in [6.07, 6.45) is 0. The predicted octanol–water partition coefficient (Wildman–Crippen LogP) is 3.31. The molecule has 3 rings (SSSR count). The molecule has 0 heterocycles. The Bertz CT molecular complexity index is 1060. The Balaban J connectivity index is 1.98. The van der Waals surface area contributed by atoms with E-state index in [9.17, 15) is 13.2 Å². The van der Waals surface area contributed by atoms with Crippen molar-refractivity contribution in [2.75, 3.05) is 17.6 Å². The van der Waals surface area contributed by atoms with Crippen molar-refractivity contribution in [1.29, 1.82) is 0 Å². The maximum Gasteiger partial charge on any atom is 0.261 e. The number of nitrogens with one attached hydrogen (secondary N) is 1. The monoisotopic (exact) mass is 382 g/mol. The molecule has 0 aliphatic heterocycles. The van der Waals surface area contributed by atoms with Crippen LogP contribution in [0.4, 0.5) is 11.4 Å². The Morgan fingerprint density at radius 2 is 1.63 bits per heavy atom. The fourth-order valence-electron chi connectivity index (χ4n) is 2.54. The molecule has 27 heavy (non-hydrogen) atoms. The first-order valence-electron chi connectivity index (χ1n) is 8.07. The smallest absolute Gasteiger partial charge is 0.261 e. The highest BCUT2D eigenvalue weighted by molar-refractivity contribution is 7.92. The number of hydrogen-bond acceptors (Lipinski definition) is 5. The number of anilines is 2. The van der Waals surface area contributed by atoms with E-state index in [1.807, 2.05) is 0 Å². The fourth-order valence-corrected chi connectivity index (χ4v) is 3.62. The van der Waals surface area contributed by atoms with Crippen LogP contribution >= 0.6 is 0 Å². The number of rotatable bonds is 6. The molecule has 0 radical (unpaired) electrons. The van der Waals surface area contributed by atoms with E-state index in [-0.39, 0.29) is 21.9 Å². The minimum atomic E-state index is -3.89. The Morgan fingerprint density at radius 3 is 2.26 bits per heavy atom. The van der Waals surface area contributed by atoms with Crippen molar-refractivity contribution in [3.8, 4) is 5.75 Å². The van der Waals surface area contributed by atoms with Crippen molar-refractivity contribution in [3.63, 3.8) is 0 Å². The van der Waals surface area contributed by atoms with Gasteiger partial charge >= 0.3 is 0 Å². The number of nitrogens with two attached hydrogens (primary N) is 1. The van der Waals surface area contributed by atoms with E-state index in [1.165, 1.54) is 37.4 Å². The first-order chi connectivity index (χ1) is 12.9. The molecule has 0 amide bonds. The number of ether oxygens (including phenoxy) is 1. The van der Waals surface area contributed by atoms with Gasteiger partial charge in [0.2, 0.25) is 0 Å². The Hall–Kier alpha value is -3.32. The lowest BCUT2D eigenvalue weighted by Crippen LogP contribution is -2.16. The third-order valence-corrected chi connectivity index (χ3v) is 5.32. The van der Waals surface area contributed by atoms with Gasteiger partial charge in [-0.1, -0.05) is 30.3 Å². The number of carbonyl (C=O) groups is 1. The van der Waals surface area contributed by atoms with E-state index in [1.54, 1.807) is 42.5 Å². The minimum absolute atomic E-state index is 0.0539. The van der Waals surface area contributed by atoms with Crippen molar-refractivity contribution in [2.45, 2.75) is 4.90 Å². The van der Waals surface area contributed by atoms with Crippen LogP contribution in [0.2, 0.25) is 0 Å². The molecule has 0 unspecified atom stereocenters. The van der Waals surface area contributed by atoms with E-state index in [4.69, 9.17) is 10.5 Å². The molecule has 3 N–H and O–H groups in total. The summed E-state index contributed by atoms with van der Waals surface area (Å²) in [5.74, 6) is 0.219. The second-order valence-corrected chi connectivity index (χ2v) is 7.46. The maximum absolute atomic E-state index is 12.8. The molecule has 0 saturated carbocycles. The number of ketones is 1. The van der Waals surface area contributed by atoms with Gasteiger partial charge in [-0.25, -0.2) is 8.42 Å². The Kier molecular flexibility index (Phi) is 5.14. The van der Waals surface area contributed by atoms with Crippen LogP contribution in [-0.2, 0) is 10.0 Å². The summed E-state index contributed by atoms with van der Waals surface area (Å²) in [7, 11) is -2.39. The first-order valence-corrected chi connectivity index (χ1v) is 9.55. The highest BCUT2D eigenvalue weighted by atomic mass is 32.2. The predicted molar refractivity (Wildman–Crippen MR) is 105 cm³/mol. The van der Waals surface area contributed by atoms with Crippen molar-refractivity contribution in [3.05, 3.63) is 83.9 Å². The van der Waals surface area contributed by atoms with Crippen LogP contribution in [0, 0.1) is 0 Å². The summed E-state index contributed by atoms with van der Waals surface area (Å²) >= 11 is 0. The standard InChI is InChI=1S/C20H18N2O4S/c1-26-16-8-10-17(11-9-16)27(24,25)22-19-12-7-15(21)13-18(19)20(23)14-5-3-2-4-6-14/h2-13,22H,21H2,1H3. The molecular formula is C20H18N2O4S. The summed E-state index contributed by atoms with van der Waals surface area (Å²) in [5, 5.41) is 0.